The zero-order chi connectivity index (χ0) is 13.0. The highest BCUT2D eigenvalue weighted by Gasteiger charge is 2.29. The van der Waals surface area contributed by atoms with E-state index >= 15 is 0 Å². The van der Waals surface area contributed by atoms with Crippen LogP contribution in [0.5, 0.6) is 0 Å². The predicted molar refractivity (Wildman–Crippen MR) is 79.3 cm³/mol. The zero-order valence-electron chi connectivity index (χ0n) is 11.5. The van der Waals surface area contributed by atoms with E-state index in [9.17, 15) is 4.39 Å². The molecule has 2 heteroatoms. The van der Waals surface area contributed by atoms with Gasteiger partial charge < -0.3 is 0 Å². The van der Waals surface area contributed by atoms with E-state index in [2.05, 4.69) is 22.9 Å². The van der Waals surface area contributed by atoms with Gasteiger partial charge in [0.25, 0.3) is 0 Å². The maximum Gasteiger partial charge on any atom is 0.162 e. The molecule has 0 N–H and O–H groups in total. The van der Waals surface area contributed by atoms with Crippen molar-refractivity contribution in [2.75, 3.05) is 0 Å². The van der Waals surface area contributed by atoms with Crippen molar-refractivity contribution >= 4 is 15.9 Å². The van der Waals surface area contributed by atoms with Crippen LogP contribution in [0, 0.1) is 23.7 Å². The highest BCUT2D eigenvalue weighted by molar-refractivity contribution is 9.11. The smallest absolute Gasteiger partial charge is 0.162 e. The number of rotatable bonds is 3. The third-order valence-corrected chi connectivity index (χ3v) is 5.58. The Kier molecular flexibility index (Phi) is 5.72. The minimum atomic E-state index is -0.172. The first-order valence-corrected chi connectivity index (χ1v) is 8.51. The Balaban J connectivity index is 1.75. The Morgan fingerprint density at radius 1 is 1.00 bits per heavy atom. The van der Waals surface area contributed by atoms with Crippen molar-refractivity contribution < 1.29 is 4.39 Å². The van der Waals surface area contributed by atoms with E-state index in [-0.39, 0.29) is 4.74 Å². The Morgan fingerprint density at radius 2 is 1.50 bits per heavy atom. The molecular formula is C16H26BrF. The van der Waals surface area contributed by atoms with Gasteiger partial charge in [0.1, 0.15) is 0 Å². The largest absolute Gasteiger partial charge is 0.199 e. The first kappa shape index (κ1) is 14.6. The van der Waals surface area contributed by atoms with Gasteiger partial charge in [0.15, 0.2) is 4.74 Å². The van der Waals surface area contributed by atoms with Gasteiger partial charge in [-0.3, -0.25) is 0 Å². The Hall–Kier alpha value is 0.150. The second-order valence-corrected chi connectivity index (χ2v) is 7.08. The normalized spacial score (nSPS) is 38.7. The van der Waals surface area contributed by atoms with Gasteiger partial charge in [-0.05, 0) is 84.2 Å². The fourth-order valence-electron chi connectivity index (χ4n) is 4.03. The molecule has 0 radical (unpaired) electrons. The highest BCUT2D eigenvalue weighted by Crippen LogP contribution is 2.42. The lowest BCUT2D eigenvalue weighted by atomic mass is 9.69. The summed E-state index contributed by atoms with van der Waals surface area (Å²) in [6.45, 7) is 2.33. The molecule has 0 nitrogen and oxygen atoms in total. The predicted octanol–water partition coefficient (Wildman–Crippen LogP) is 6.22. The van der Waals surface area contributed by atoms with Gasteiger partial charge in [-0.15, -0.1) is 0 Å². The summed E-state index contributed by atoms with van der Waals surface area (Å²) in [5.41, 5.74) is 0. The molecule has 0 aliphatic heterocycles. The summed E-state index contributed by atoms with van der Waals surface area (Å²) in [5.74, 6) is 3.40. The average molecular weight is 317 g/mol. The van der Waals surface area contributed by atoms with Crippen molar-refractivity contribution in [2.24, 2.45) is 23.7 Å². The summed E-state index contributed by atoms with van der Waals surface area (Å²) < 4.78 is 12.6. The van der Waals surface area contributed by atoms with E-state index in [1.54, 1.807) is 6.08 Å². The van der Waals surface area contributed by atoms with Crippen LogP contribution in [0.15, 0.2) is 10.8 Å². The third kappa shape index (κ3) is 4.08. The summed E-state index contributed by atoms with van der Waals surface area (Å²) in [4.78, 5) is 0. The first-order valence-electron chi connectivity index (χ1n) is 7.71. The number of allylic oxidation sites excluding steroid dienone is 1. The van der Waals surface area contributed by atoms with Crippen molar-refractivity contribution in [3.63, 3.8) is 0 Å². The van der Waals surface area contributed by atoms with Gasteiger partial charge in [0.2, 0.25) is 0 Å². The van der Waals surface area contributed by atoms with Crippen LogP contribution in [0.25, 0.3) is 0 Å². The molecule has 0 atom stereocenters. The second-order valence-electron chi connectivity index (χ2n) is 6.32. The SMILES string of the molecule is CC[C@H]1CC[C@H]([C@H]2CC[C@H](C=C(F)Br)CC2)CC1. The quantitative estimate of drug-likeness (QED) is 0.580. The van der Waals surface area contributed by atoms with Crippen molar-refractivity contribution in [1.82, 2.24) is 0 Å². The number of halogens is 2. The molecule has 0 aromatic carbocycles. The summed E-state index contributed by atoms with van der Waals surface area (Å²) in [6, 6.07) is 0. The molecule has 104 valence electrons. The van der Waals surface area contributed by atoms with Crippen LogP contribution in [0.2, 0.25) is 0 Å². The molecular weight excluding hydrogens is 291 g/mol. The fraction of sp³-hybridized carbons (Fsp3) is 0.875. The standard InChI is InChI=1S/C16H26BrF/c1-2-12-3-7-14(8-4-12)15-9-5-13(6-10-15)11-16(17)18/h11-15H,2-10H2,1H3/t12-,13-,14-,15-. The molecule has 0 amide bonds. The first-order chi connectivity index (χ1) is 8.69. The van der Waals surface area contributed by atoms with E-state index in [1.165, 1.54) is 57.8 Å². The lowest BCUT2D eigenvalue weighted by Gasteiger charge is -2.37. The molecule has 0 heterocycles. The summed E-state index contributed by atoms with van der Waals surface area (Å²) in [5, 5.41) is 0. The molecule has 2 aliphatic rings. The molecule has 2 saturated carbocycles. The van der Waals surface area contributed by atoms with Gasteiger partial charge in [0, 0.05) is 0 Å². The molecule has 18 heavy (non-hydrogen) atoms. The lowest BCUT2D eigenvalue weighted by Crippen LogP contribution is -2.25. The molecule has 0 aromatic rings. The van der Waals surface area contributed by atoms with Crippen LogP contribution >= 0.6 is 15.9 Å². The Labute approximate surface area is 120 Å². The van der Waals surface area contributed by atoms with E-state index in [4.69, 9.17) is 0 Å². The van der Waals surface area contributed by atoms with Crippen molar-refractivity contribution in [3.8, 4) is 0 Å². The molecule has 2 rings (SSSR count). The van der Waals surface area contributed by atoms with Crippen molar-refractivity contribution in [2.45, 2.75) is 64.7 Å². The second kappa shape index (κ2) is 7.07. The van der Waals surface area contributed by atoms with E-state index in [0.29, 0.717) is 5.92 Å². The summed E-state index contributed by atoms with van der Waals surface area (Å²) in [6.07, 6.45) is 14.0. The Bertz CT molecular complexity index is 267. The molecule has 0 bridgehead atoms. The van der Waals surface area contributed by atoms with Gasteiger partial charge in [0.05, 0.1) is 0 Å². The summed E-state index contributed by atoms with van der Waals surface area (Å²) in [7, 11) is 0. The maximum absolute atomic E-state index is 12.8. The molecule has 0 unspecified atom stereocenters. The topological polar surface area (TPSA) is 0 Å². The van der Waals surface area contributed by atoms with Gasteiger partial charge in [-0.1, -0.05) is 26.2 Å². The van der Waals surface area contributed by atoms with Crippen molar-refractivity contribution in [3.05, 3.63) is 10.8 Å². The van der Waals surface area contributed by atoms with Crippen LogP contribution in [0.1, 0.15) is 64.7 Å². The summed E-state index contributed by atoms with van der Waals surface area (Å²) >= 11 is 2.91. The van der Waals surface area contributed by atoms with E-state index in [1.807, 2.05) is 0 Å². The van der Waals surface area contributed by atoms with Crippen LogP contribution < -0.4 is 0 Å². The molecule has 0 aromatic heterocycles. The monoisotopic (exact) mass is 316 g/mol. The highest BCUT2D eigenvalue weighted by atomic mass is 79.9. The van der Waals surface area contributed by atoms with E-state index < -0.39 is 0 Å². The molecule has 0 saturated heterocycles. The van der Waals surface area contributed by atoms with Gasteiger partial charge in [-0.2, -0.15) is 4.39 Å². The van der Waals surface area contributed by atoms with Crippen LogP contribution in [-0.2, 0) is 0 Å². The molecule has 0 spiro atoms. The van der Waals surface area contributed by atoms with Gasteiger partial charge >= 0.3 is 0 Å². The van der Waals surface area contributed by atoms with Crippen LogP contribution in [0.4, 0.5) is 4.39 Å². The number of hydrogen-bond acceptors (Lipinski definition) is 0. The fourth-order valence-corrected chi connectivity index (χ4v) is 4.40. The Morgan fingerprint density at radius 3 is 1.94 bits per heavy atom. The lowest BCUT2D eigenvalue weighted by molar-refractivity contribution is 0.154. The maximum atomic E-state index is 12.8. The average Bonchev–Trinajstić information content (AvgIpc) is 2.39. The third-order valence-electron chi connectivity index (χ3n) is 5.31. The van der Waals surface area contributed by atoms with Gasteiger partial charge in [-0.25, -0.2) is 0 Å². The van der Waals surface area contributed by atoms with Crippen LogP contribution in [0.3, 0.4) is 0 Å². The van der Waals surface area contributed by atoms with E-state index in [0.717, 1.165) is 17.8 Å². The minimum Gasteiger partial charge on any atom is -0.199 e. The molecule has 2 fully saturated rings. The molecule has 2 aliphatic carbocycles. The zero-order valence-corrected chi connectivity index (χ0v) is 13.1. The van der Waals surface area contributed by atoms with Crippen molar-refractivity contribution in [1.29, 1.82) is 0 Å². The van der Waals surface area contributed by atoms with Crippen LogP contribution in [-0.4, -0.2) is 0 Å². The number of hydrogen-bond donors (Lipinski definition) is 0. The minimum absolute atomic E-state index is 0.172.